The highest BCUT2D eigenvalue weighted by atomic mass is 16.7. The van der Waals surface area contributed by atoms with E-state index in [0.29, 0.717) is 0 Å². The number of amides is 2. The van der Waals surface area contributed by atoms with Crippen molar-refractivity contribution >= 4 is 11.9 Å². The summed E-state index contributed by atoms with van der Waals surface area (Å²) in [6.45, 7) is -0.0388. The second-order valence-electron chi connectivity index (χ2n) is 2.54. The number of H-pyrrole nitrogens is 1. The molecular weight excluding hydrogens is 192 g/mol. The van der Waals surface area contributed by atoms with Crippen molar-refractivity contribution in [3.8, 4) is 5.88 Å². The van der Waals surface area contributed by atoms with Gasteiger partial charge in [0.15, 0.2) is 5.84 Å². The van der Waals surface area contributed by atoms with Gasteiger partial charge in [-0.3, -0.25) is 9.82 Å². The van der Waals surface area contributed by atoms with Crippen LogP contribution in [-0.2, 0) is 4.84 Å². The molecule has 0 atom stereocenters. The van der Waals surface area contributed by atoms with Crippen LogP contribution in [0.3, 0.4) is 0 Å². The number of aromatic hydroxyl groups is 1. The largest absolute Gasteiger partial charge is 0.493 e. The quantitative estimate of drug-likeness (QED) is 0.485. The van der Waals surface area contributed by atoms with Crippen LogP contribution in [0.1, 0.15) is 0 Å². The second-order valence-corrected chi connectivity index (χ2v) is 2.54. The van der Waals surface area contributed by atoms with Gasteiger partial charge >= 0.3 is 11.7 Å². The standard InChI is InChI=1S/C6H6N4O4/c11-4-1-10(6(13)8-4)3-2-14-9-5(12)7-3/h1,11H,2H2,(H,8,13)(H,9,12). The second kappa shape index (κ2) is 3.00. The number of nitrogens with one attached hydrogen (secondary N) is 2. The molecule has 1 aromatic heterocycles. The van der Waals surface area contributed by atoms with Crippen LogP contribution in [0.5, 0.6) is 5.88 Å². The molecule has 0 bridgehead atoms. The minimum atomic E-state index is -0.696. The van der Waals surface area contributed by atoms with Gasteiger partial charge in [0.2, 0.25) is 5.88 Å². The molecular formula is C6H6N4O4. The molecule has 74 valence electrons. The fraction of sp³-hybridized carbons (Fsp3) is 0.167. The van der Waals surface area contributed by atoms with E-state index in [-0.39, 0.29) is 18.3 Å². The normalized spacial score (nSPS) is 16.3. The Hall–Kier alpha value is -2.09. The number of hydrogen-bond acceptors (Lipinski definition) is 4. The van der Waals surface area contributed by atoms with E-state index in [1.54, 1.807) is 0 Å². The number of aromatic amines is 1. The molecule has 3 N–H and O–H groups in total. The molecule has 0 fully saturated rings. The Morgan fingerprint density at radius 2 is 2.36 bits per heavy atom. The van der Waals surface area contributed by atoms with Gasteiger partial charge in [0.1, 0.15) is 6.61 Å². The van der Waals surface area contributed by atoms with Gasteiger partial charge in [-0.25, -0.2) is 19.6 Å². The molecule has 2 amide bonds. The Kier molecular flexibility index (Phi) is 1.82. The van der Waals surface area contributed by atoms with Gasteiger partial charge in [0.25, 0.3) is 0 Å². The summed E-state index contributed by atoms with van der Waals surface area (Å²) >= 11 is 0. The average molecular weight is 198 g/mol. The zero-order valence-electron chi connectivity index (χ0n) is 6.85. The first-order chi connectivity index (χ1) is 6.66. The monoisotopic (exact) mass is 198 g/mol. The highest BCUT2D eigenvalue weighted by Crippen LogP contribution is 2.00. The van der Waals surface area contributed by atoms with Crippen molar-refractivity contribution in [2.45, 2.75) is 0 Å². The van der Waals surface area contributed by atoms with Crippen LogP contribution in [0.2, 0.25) is 0 Å². The SMILES string of the molecule is O=C1N=C(n2cc(O)[nH]c2=O)CON1. The lowest BCUT2D eigenvalue weighted by atomic mass is 10.6. The van der Waals surface area contributed by atoms with Crippen LogP contribution in [0.15, 0.2) is 16.0 Å². The van der Waals surface area contributed by atoms with E-state index in [1.165, 1.54) is 0 Å². The zero-order valence-corrected chi connectivity index (χ0v) is 6.85. The first-order valence-electron chi connectivity index (χ1n) is 3.67. The molecule has 0 radical (unpaired) electrons. The average Bonchev–Trinajstić information content (AvgIpc) is 2.45. The van der Waals surface area contributed by atoms with E-state index >= 15 is 0 Å². The molecule has 8 nitrogen and oxygen atoms in total. The molecule has 8 heteroatoms. The third-order valence-corrected chi connectivity index (χ3v) is 1.57. The van der Waals surface area contributed by atoms with E-state index in [2.05, 4.69) is 14.8 Å². The fourth-order valence-corrected chi connectivity index (χ4v) is 1.03. The molecule has 1 aromatic rings. The molecule has 0 unspecified atom stereocenters. The Morgan fingerprint density at radius 1 is 1.57 bits per heavy atom. The Morgan fingerprint density at radius 3 is 2.93 bits per heavy atom. The van der Waals surface area contributed by atoms with Crippen LogP contribution in [0, 0.1) is 0 Å². The van der Waals surface area contributed by atoms with Crippen molar-refractivity contribution in [2.24, 2.45) is 4.99 Å². The molecule has 2 heterocycles. The lowest BCUT2D eigenvalue weighted by Gasteiger charge is -2.11. The number of aliphatic imine (C=N–C) groups is 1. The number of hydrogen-bond donors (Lipinski definition) is 3. The van der Waals surface area contributed by atoms with Crippen molar-refractivity contribution in [2.75, 3.05) is 6.61 Å². The maximum Gasteiger partial charge on any atom is 0.366 e. The smallest absolute Gasteiger partial charge is 0.366 e. The van der Waals surface area contributed by atoms with Gasteiger partial charge in [-0.15, -0.1) is 0 Å². The lowest BCUT2D eigenvalue weighted by Crippen LogP contribution is -2.37. The third kappa shape index (κ3) is 1.38. The zero-order chi connectivity index (χ0) is 10.1. The summed E-state index contributed by atoms with van der Waals surface area (Å²) in [5, 5.41) is 8.96. The van der Waals surface area contributed by atoms with Crippen molar-refractivity contribution in [1.29, 1.82) is 0 Å². The number of urea groups is 1. The van der Waals surface area contributed by atoms with Crippen LogP contribution in [0.25, 0.3) is 0 Å². The first kappa shape index (κ1) is 8.51. The molecule has 0 saturated heterocycles. The molecule has 1 aliphatic heterocycles. The Labute approximate surface area is 76.8 Å². The van der Waals surface area contributed by atoms with Gasteiger partial charge in [-0.05, 0) is 0 Å². The summed E-state index contributed by atoms with van der Waals surface area (Å²) in [5.74, 6) is -0.195. The van der Waals surface area contributed by atoms with Gasteiger partial charge in [-0.2, -0.15) is 4.99 Å². The number of hydroxylamine groups is 1. The Balaban J connectivity index is 2.44. The highest BCUT2D eigenvalue weighted by Gasteiger charge is 2.15. The topological polar surface area (TPSA) is 109 Å². The summed E-state index contributed by atoms with van der Waals surface area (Å²) in [7, 11) is 0. The molecule has 14 heavy (non-hydrogen) atoms. The number of rotatable bonds is 0. The molecule has 0 spiro atoms. The van der Waals surface area contributed by atoms with Crippen molar-refractivity contribution in [1.82, 2.24) is 15.0 Å². The van der Waals surface area contributed by atoms with E-state index in [9.17, 15) is 9.59 Å². The maximum atomic E-state index is 11.1. The van der Waals surface area contributed by atoms with Crippen molar-refractivity contribution in [3.63, 3.8) is 0 Å². The van der Waals surface area contributed by atoms with E-state index < -0.39 is 11.7 Å². The van der Waals surface area contributed by atoms with Gasteiger partial charge in [0.05, 0.1) is 6.20 Å². The van der Waals surface area contributed by atoms with Crippen LogP contribution in [0.4, 0.5) is 4.79 Å². The summed E-state index contributed by atoms with van der Waals surface area (Å²) in [6, 6.07) is -0.696. The predicted octanol–water partition coefficient (Wildman–Crippen LogP) is -1.22. The van der Waals surface area contributed by atoms with Crippen molar-refractivity contribution < 1.29 is 14.7 Å². The number of aromatic nitrogens is 2. The van der Waals surface area contributed by atoms with Gasteiger partial charge in [-0.1, -0.05) is 0 Å². The highest BCUT2D eigenvalue weighted by molar-refractivity contribution is 5.96. The summed E-state index contributed by atoms with van der Waals surface area (Å²) in [4.78, 5) is 32.1. The maximum absolute atomic E-state index is 11.1. The molecule has 2 rings (SSSR count). The van der Waals surface area contributed by atoms with Crippen molar-refractivity contribution in [3.05, 3.63) is 16.7 Å². The van der Waals surface area contributed by atoms with Crippen LogP contribution in [-0.4, -0.2) is 33.1 Å². The third-order valence-electron chi connectivity index (χ3n) is 1.57. The summed E-state index contributed by atoms with van der Waals surface area (Å²) < 4.78 is 0.994. The van der Waals surface area contributed by atoms with Gasteiger partial charge < -0.3 is 5.11 Å². The van der Waals surface area contributed by atoms with Crippen LogP contribution < -0.4 is 11.2 Å². The molecule has 0 aliphatic carbocycles. The molecule has 0 aromatic carbocycles. The van der Waals surface area contributed by atoms with E-state index in [1.807, 2.05) is 5.48 Å². The Bertz CT molecular complexity index is 457. The van der Waals surface area contributed by atoms with Gasteiger partial charge in [0, 0.05) is 0 Å². The van der Waals surface area contributed by atoms with E-state index in [4.69, 9.17) is 5.11 Å². The summed E-state index contributed by atoms with van der Waals surface area (Å²) in [5.41, 5.74) is 1.41. The first-order valence-corrected chi connectivity index (χ1v) is 3.67. The predicted molar refractivity (Wildman–Crippen MR) is 44.0 cm³/mol. The number of carbonyl (C=O) groups excluding carboxylic acids is 1. The minimum Gasteiger partial charge on any atom is -0.493 e. The van der Waals surface area contributed by atoms with E-state index in [0.717, 1.165) is 10.8 Å². The summed E-state index contributed by atoms with van der Waals surface area (Å²) in [6.07, 6.45) is 1.11. The minimum absolute atomic E-state index is 0.0388. The fourth-order valence-electron chi connectivity index (χ4n) is 1.03. The lowest BCUT2D eigenvalue weighted by molar-refractivity contribution is 0.0845. The molecule has 0 saturated carbocycles. The number of nitrogens with zero attached hydrogens (tertiary/aromatic N) is 2. The number of carbonyl (C=O) groups is 1. The number of imidazole rings is 1. The van der Waals surface area contributed by atoms with Crippen LogP contribution >= 0.6 is 0 Å². The molecule has 1 aliphatic rings.